The van der Waals surface area contributed by atoms with Crippen LogP contribution in [0.3, 0.4) is 0 Å². The minimum atomic E-state index is -0.636. The maximum Gasteiger partial charge on any atom is 0.311 e. The van der Waals surface area contributed by atoms with Crippen LogP contribution in [0.25, 0.3) is 0 Å². The minimum absolute atomic E-state index is 0.337. The van der Waals surface area contributed by atoms with Crippen LogP contribution in [0.4, 0.5) is 0 Å². The van der Waals surface area contributed by atoms with Crippen molar-refractivity contribution in [3.05, 3.63) is 0 Å². The van der Waals surface area contributed by atoms with Crippen LogP contribution >= 0.6 is 0 Å². The second-order valence-electron chi connectivity index (χ2n) is 3.29. The van der Waals surface area contributed by atoms with Gasteiger partial charge in [-0.2, -0.15) is 0 Å². The normalized spacial score (nSPS) is 10.8. The Labute approximate surface area is 65.7 Å². The van der Waals surface area contributed by atoms with Gasteiger partial charge in [0.05, 0.1) is 5.41 Å². The number of esters is 1. The lowest BCUT2D eigenvalue weighted by atomic mass is 9.97. The molecule has 2 N–H and O–H groups in total. The number of amides is 1. The number of hydrogen-bond donors (Lipinski definition) is 1. The van der Waals surface area contributed by atoms with Gasteiger partial charge in [-0.25, -0.2) is 0 Å². The fraction of sp³-hybridized carbons (Fsp3) is 0.714. The Bertz CT molecular complexity index is 169. The van der Waals surface area contributed by atoms with Gasteiger partial charge in [0.25, 0.3) is 5.91 Å². The minimum Gasteiger partial charge on any atom is -0.455 e. The van der Waals surface area contributed by atoms with Crippen molar-refractivity contribution < 1.29 is 14.3 Å². The zero-order valence-electron chi connectivity index (χ0n) is 7.01. The van der Waals surface area contributed by atoms with Crippen molar-refractivity contribution in [2.45, 2.75) is 20.8 Å². The van der Waals surface area contributed by atoms with Crippen molar-refractivity contribution in [2.75, 3.05) is 6.61 Å². The molecule has 0 aromatic rings. The summed E-state index contributed by atoms with van der Waals surface area (Å²) < 4.78 is 4.55. The van der Waals surface area contributed by atoms with E-state index < -0.39 is 17.3 Å². The number of hydrogen-bond acceptors (Lipinski definition) is 3. The van der Waals surface area contributed by atoms with Crippen molar-refractivity contribution >= 4 is 11.9 Å². The van der Waals surface area contributed by atoms with Crippen molar-refractivity contribution in [1.29, 1.82) is 0 Å². The number of nitrogens with two attached hydrogens (primary N) is 1. The summed E-state index contributed by atoms with van der Waals surface area (Å²) in [6.45, 7) is 4.78. The van der Waals surface area contributed by atoms with Crippen LogP contribution in [0.5, 0.6) is 0 Å². The molecule has 11 heavy (non-hydrogen) atoms. The molecule has 4 heteroatoms. The van der Waals surface area contributed by atoms with Crippen LogP contribution in [-0.2, 0) is 14.3 Å². The first kappa shape index (κ1) is 9.94. The number of carbonyl (C=O) groups excluding carboxylic acids is 2. The molecule has 1 amide bonds. The Kier molecular flexibility index (Phi) is 3.04. The van der Waals surface area contributed by atoms with E-state index in [1.54, 1.807) is 20.8 Å². The molecule has 4 nitrogen and oxygen atoms in total. The molecule has 0 fully saturated rings. The second kappa shape index (κ2) is 3.37. The Hall–Kier alpha value is -1.06. The smallest absolute Gasteiger partial charge is 0.311 e. The summed E-state index contributed by atoms with van der Waals surface area (Å²) in [6.07, 6.45) is 0. The van der Waals surface area contributed by atoms with Crippen molar-refractivity contribution in [1.82, 2.24) is 0 Å². The number of ether oxygens (including phenoxy) is 1. The molecule has 0 aromatic heterocycles. The molecule has 0 bridgehead atoms. The van der Waals surface area contributed by atoms with Gasteiger partial charge in [-0.1, -0.05) is 0 Å². The van der Waals surface area contributed by atoms with Crippen molar-refractivity contribution in [3.63, 3.8) is 0 Å². The maximum absolute atomic E-state index is 10.9. The number of rotatable bonds is 2. The standard InChI is InChI=1S/C7H13NO3/c1-7(2,3)6(10)11-4-5(8)9/h4H2,1-3H3,(H2,8,9). The summed E-state index contributed by atoms with van der Waals surface area (Å²) in [7, 11) is 0. The molecular weight excluding hydrogens is 146 g/mol. The quantitative estimate of drug-likeness (QED) is 0.579. The Morgan fingerprint density at radius 3 is 2.09 bits per heavy atom. The van der Waals surface area contributed by atoms with E-state index in [0.717, 1.165) is 0 Å². The van der Waals surface area contributed by atoms with Crippen LogP contribution in [0.15, 0.2) is 0 Å². The van der Waals surface area contributed by atoms with Crippen LogP contribution in [0, 0.1) is 5.41 Å². The van der Waals surface area contributed by atoms with Crippen LogP contribution in [0.1, 0.15) is 20.8 Å². The average Bonchev–Trinajstić information content (AvgIpc) is 1.80. The topological polar surface area (TPSA) is 69.4 Å². The average molecular weight is 159 g/mol. The third-order valence-electron chi connectivity index (χ3n) is 0.958. The lowest BCUT2D eigenvalue weighted by Gasteiger charge is -2.15. The zero-order valence-corrected chi connectivity index (χ0v) is 7.01. The first-order chi connectivity index (χ1) is 4.84. The first-order valence-electron chi connectivity index (χ1n) is 3.29. The van der Waals surface area contributed by atoms with E-state index >= 15 is 0 Å². The summed E-state index contributed by atoms with van der Waals surface area (Å²) in [6, 6.07) is 0. The lowest BCUT2D eigenvalue weighted by Crippen LogP contribution is -2.28. The molecule has 0 radical (unpaired) electrons. The molecule has 0 aliphatic carbocycles. The Morgan fingerprint density at radius 1 is 1.36 bits per heavy atom. The highest BCUT2D eigenvalue weighted by molar-refractivity contribution is 5.81. The van der Waals surface area contributed by atoms with Gasteiger partial charge in [0.15, 0.2) is 6.61 Å². The monoisotopic (exact) mass is 159 g/mol. The highest BCUT2D eigenvalue weighted by Gasteiger charge is 2.23. The van der Waals surface area contributed by atoms with Crippen LogP contribution < -0.4 is 5.73 Å². The number of carbonyl (C=O) groups is 2. The largest absolute Gasteiger partial charge is 0.455 e. The zero-order chi connectivity index (χ0) is 9.07. The number of primary amides is 1. The molecule has 0 rings (SSSR count). The van der Waals surface area contributed by atoms with E-state index in [9.17, 15) is 9.59 Å². The summed E-state index contributed by atoms with van der Waals surface area (Å²) in [5.41, 5.74) is 4.19. The summed E-state index contributed by atoms with van der Waals surface area (Å²) in [5.74, 6) is -1.06. The Balaban J connectivity index is 3.80. The fourth-order valence-electron chi connectivity index (χ4n) is 0.353. The predicted octanol–water partition coefficient (Wildman–Crippen LogP) is 0.0610. The second-order valence-corrected chi connectivity index (χ2v) is 3.29. The summed E-state index contributed by atoms with van der Waals surface area (Å²) in [4.78, 5) is 21.1. The van der Waals surface area contributed by atoms with Gasteiger partial charge >= 0.3 is 5.97 Å². The third kappa shape index (κ3) is 4.36. The molecule has 64 valence electrons. The molecule has 0 aliphatic rings. The van der Waals surface area contributed by atoms with Gasteiger partial charge in [-0.05, 0) is 20.8 Å². The van der Waals surface area contributed by atoms with E-state index in [2.05, 4.69) is 4.74 Å². The van der Waals surface area contributed by atoms with Crippen LogP contribution in [-0.4, -0.2) is 18.5 Å². The van der Waals surface area contributed by atoms with Gasteiger partial charge in [0.1, 0.15) is 0 Å². The van der Waals surface area contributed by atoms with Gasteiger partial charge in [-0.15, -0.1) is 0 Å². The van der Waals surface area contributed by atoms with E-state index in [1.165, 1.54) is 0 Å². The van der Waals surface area contributed by atoms with E-state index in [1.807, 2.05) is 0 Å². The SMILES string of the molecule is CC(C)(C)C(=O)OCC(N)=O. The predicted molar refractivity (Wildman–Crippen MR) is 39.6 cm³/mol. The molecule has 0 saturated carbocycles. The summed E-state index contributed by atoms with van der Waals surface area (Å²) in [5, 5.41) is 0. The maximum atomic E-state index is 10.9. The van der Waals surface area contributed by atoms with Crippen LogP contribution in [0.2, 0.25) is 0 Å². The molecule has 0 heterocycles. The van der Waals surface area contributed by atoms with Gasteiger partial charge in [0, 0.05) is 0 Å². The van der Waals surface area contributed by atoms with Crippen molar-refractivity contribution in [3.8, 4) is 0 Å². The van der Waals surface area contributed by atoms with E-state index in [0.29, 0.717) is 0 Å². The Morgan fingerprint density at radius 2 is 1.82 bits per heavy atom. The van der Waals surface area contributed by atoms with Crippen molar-refractivity contribution in [2.24, 2.45) is 11.1 Å². The summed E-state index contributed by atoms with van der Waals surface area (Å²) >= 11 is 0. The fourth-order valence-corrected chi connectivity index (χ4v) is 0.353. The van der Waals surface area contributed by atoms with Gasteiger partial charge in [-0.3, -0.25) is 9.59 Å². The van der Waals surface area contributed by atoms with Gasteiger partial charge in [0.2, 0.25) is 0 Å². The molecule has 0 aliphatic heterocycles. The molecule has 0 saturated heterocycles. The third-order valence-corrected chi connectivity index (χ3v) is 0.958. The highest BCUT2D eigenvalue weighted by Crippen LogP contribution is 2.14. The molecule has 0 unspecified atom stereocenters. The van der Waals surface area contributed by atoms with E-state index in [4.69, 9.17) is 5.73 Å². The molecular formula is C7H13NO3. The molecule has 0 aromatic carbocycles. The first-order valence-corrected chi connectivity index (χ1v) is 3.29. The van der Waals surface area contributed by atoms with Gasteiger partial charge < -0.3 is 10.5 Å². The lowest BCUT2D eigenvalue weighted by molar-refractivity contribution is -0.155. The van der Waals surface area contributed by atoms with E-state index in [-0.39, 0.29) is 6.61 Å². The molecule has 0 spiro atoms. The molecule has 0 atom stereocenters. The highest BCUT2D eigenvalue weighted by atomic mass is 16.5.